The van der Waals surface area contributed by atoms with Crippen molar-refractivity contribution in [3.8, 4) is 0 Å². The first-order valence-corrected chi connectivity index (χ1v) is 6.52. The molecule has 0 fully saturated rings. The third-order valence-corrected chi connectivity index (χ3v) is 3.00. The molecule has 0 atom stereocenters. The second kappa shape index (κ2) is 6.90. The summed E-state index contributed by atoms with van der Waals surface area (Å²) in [6.07, 6.45) is 1.37. The number of thiophene rings is 1. The highest BCUT2D eigenvalue weighted by atomic mass is 32.1. The Kier molecular flexibility index (Phi) is 5.51. The topological polar surface area (TPSA) is 70.6 Å². The second-order valence-corrected chi connectivity index (χ2v) is 5.11. The van der Waals surface area contributed by atoms with E-state index in [0.29, 0.717) is 0 Å². The standard InChI is InChI=1S/C12H17N3O2S/c1-8(2)14-11(16)6-12(17)15-13-7-10-9(3)4-5-18-10/h4-5,7-8H,6H2,1-3H3,(H,14,16)(H,15,17)/b13-7+. The maximum atomic E-state index is 11.4. The van der Waals surface area contributed by atoms with Gasteiger partial charge in [-0.1, -0.05) is 0 Å². The highest BCUT2D eigenvalue weighted by Crippen LogP contribution is 2.12. The van der Waals surface area contributed by atoms with Gasteiger partial charge in [0.15, 0.2) is 0 Å². The molecular weight excluding hydrogens is 250 g/mol. The van der Waals surface area contributed by atoms with E-state index in [9.17, 15) is 9.59 Å². The van der Waals surface area contributed by atoms with E-state index >= 15 is 0 Å². The predicted molar refractivity (Wildman–Crippen MR) is 72.7 cm³/mol. The minimum absolute atomic E-state index is 0.0302. The fraction of sp³-hybridized carbons (Fsp3) is 0.417. The Morgan fingerprint density at radius 1 is 1.44 bits per heavy atom. The summed E-state index contributed by atoms with van der Waals surface area (Å²) in [5, 5.41) is 8.40. The first-order chi connectivity index (χ1) is 8.49. The van der Waals surface area contributed by atoms with Crippen molar-refractivity contribution in [3.05, 3.63) is 21.9 Å². The monoisotopic (exact) mass is 267 g/mol. The molecule has 0 aliphatic heterocycles. The Morgan fingerprint density at radius 2 is 2.17 bits per heavy atom. The summed E-state index contributed by atoms with van der Waals surface area (Å²) in [7, 11) is 0. The fourth-order valence-electron chi connectivity index (χ4n) is 1.24. The predicted octanol–water partition coefficient (Wildman–Crippen LogP) is 1.42. The summed E-state index contributed by atoms with van der Waals surface area (Å²) in [5.41, 5.74) is 3.44. The van der Waals surface area contributed by atoms with Gasteiger partial charge < -0.3 is 5.32 Å². The number of aryl methyl sites for hydroxylation is 1. The summed E-state index contributed by atoms with van der Waals surface area (Å²) in [5.74, 6) is -0.719. The Hall–Kier alpha value is -1.69. The van der Waals surface area contributed by atoms with Crippen LogP contribution in [0.25, 0.3) is 0 Å². The van der Waals surface area contributed by atoms with Gasteiger partial charge in [0.05, 0.1) is 6.21 Å². The van der Waals surface area contributed by atoms with Crippen molar-refractivity contribution in [2.45, 2.75) is 33.2 Å². The lowest BCUT2D eigenvalue weighted by atomic mass is 10.3. The highest BCUT2D eigenvalue weighted by molar-refractivity contribution is 7.11. The maximum absolute atomic E-state index is 11.4. The molecule has 18 heavy (non-hydrogen) atoms. The Bertz CT molecular complexity index is 452. The normalized spacial score (nSPS) is 10.9. The molecule has 1 heterocycles. The van der Waals surface area contributed by atoms with Gasteiger partial charge in [0.1, 0.15) is 6.42 Å². The quantitative estimate of drug-likeness (QED) is 0.481. The minimum Gasteiger partial charge on any atom is -0.353 e. The highest BCUT2D eigenvalue weighted by Gasteiger charge is 2.09. The molecule has 0 radical (unpaired) electrons. The van der Waals surface area contributed by atoms with Crippen molar-refractivity contribution < 1.29 is 9.59 Å². The number of carbonyl (C=O) groups is 2. The zero-order chi connectivity index (χ0) is 13.5. The molecular formula is C12H17N3O2S. The first-order valence-electron chi connectivity index (χ1n) is 5.64. The van der Waals surface area contributed by atoms with E-state index in [2.05, 4.69) is 15.8 Å². The van der Waals surface area contributed by atoms with Crippen LogP contribution in [0, 0.1) is 6.92 Å². The van der Waals surface area contributed by atoms with Crippen LogP contribution in [0.5, 0.6) is 0 Å². The van der Waals surface area contributed by atoms with Gasteiger partial charge in [-0.25, -0.2) is 5.43 Å². The van der Waals surface area contributed by atoms with Gasteiger partial charge in [-0.15, -0.1) is 11.3 Å². The van der Waals surface area contributed by atoms with Gasteiger partial charge in [0.25, 0.3) is 0 Å². The molecule has 98 valence electrons. The average Bonchev–Trinajstić information content (AvgIpc) is 2.63. The van der Waals surface area contributed by atoms with Crippen molar-refractivity contribution in [3.63, 3.8) is 0 Å². The minimum atomic E-state index is -0.418. The zero-order valence-corrected chi connectivity index (χ0v) is 11.5. The van der Waals surface area contributed by atoms with Crippen LogP contribution in [0.1, 0.15) is 30.7 Å². The molecule has 0 saturated heterocycles. The molecule has 2 N–H and O–H groups in total. The third kappa shape index (κ3) is 5.09. The van der Waals surface area contributed by atoms with Crippen LogP contribution in [0.15, 0.2) is 16.5 Å². The number of hydrazone groups is 1. The number of nitrogens with zero attached hydrogens (tertiary/aromatic N) is 1. The number of nitrogens with one attached hydrogen (secondary N) is 2. The molecule has 1 aromatic rings. The molecule has 1 rings (SSSR count). The maximum Gasteiger partial charge on any atom is 0.249 e. The van der Waals surface area contributed by atoms with Gasteiger partial charge >= 0.3 is 0 Å². The molecule has 0 unspecified atom stereocenters. The molecule has 6 heteroatoms. The van der Waals surface area contributed by atoms with E-state index in [0.717, 1.165) is 10.4 Å². The van der Waals surface area contributed by atoms with E-state index in [1.807, 2.05) is 32.2 Å². The Labute approximate surface area is 110 Å². The van der Waals surface area contributed by atoms with Crippen molar-refractivity contribution in [1.29, 1.82) is 0 Å². The zero-order valence-electron chi connectivity index (χ0n) is 10.7. The van der Waals surface area contributed by atoms with Crippen molar-refractivity contribution in [2.75, 3.05) is 0 Å². The third-order valence-electron chi connectivity index (χ3n) is 2.04. The molecule has 1 aromatic heterocycles. The van der Waals surface area contributed by atoms with Crippen molar-refractivity contribution in [1.82, 2.24) is 10.7 Å². The lowest BCUT2D eigenvalue weighted by Crippen LogP contribution is -2.34. The van der Waals surface area contributed by atoms with E-state index in [4.69, 9.17) is 0 Å². The van der Waals surface area contributed by atoms with Gasteiger partial charge in [0.2, 0.25) is 11.8 Å². The molecule has 0 saturated carbocycles. The summed E-state index contributed by atoms with van der Waals surface area (Å²) in [6, 6.07) is 2.01. The molecule has 0 aliphatic rings. The lowest BCUT2D eigenvalue weighted by molar-refractivity contribution is -0.129. The van der Waals surface area contributed by atoms with Gasteiger partial charge in [0, 0.05) is 10.9 Å². The van der Waals surface area contributed by atoms with E-state index in [1.165, 1.54) is 0 Å². The molecule has 0 bridgehead atoms. The summed E-state index contributed by atoms with van der Waals surface area (Å²) in [4.78, 5) is 23.6. The van der Waals surface area contributed by atoms with Crippen molar-refractivity contribution >= 4 is 29.4 Å². The number of amides is 2. The van der Waals surface area contributed by atoms with Crippen molar-refractivity contribution in [2.24, 2.45) is 5.10 Å². The SMILES string of the molecule is Cc1ccsc1/C=N/NC(=O)CC(=O)NC(C)C. The molecule has 0 spiro atoms. The van der Waals surface area contributed by atoms with Crippen LogP contribution < -0.4 is 10.7 Å². The smallest absolute Gasteiger partial charge is 0.249 e. The lowest BCUT2D eigenvalue weighted by Gasteiger charge is -2.06. The van der Waals surface area contributed by atoms with Gasteiger partial charge in [-0.05, 0) is 37.8 Å². The number of hydrogen-bond acceptors (Lipinski definition) is 4. The molecule has 0 aliphatic carbocycles. The fourth-order valence-corrected chi connectivity index (χ4v) is 2.02. The molecule has 5 nitrogen and oxygen atoms in total. The van der Waals surface area contributed by atoms with Crippen LogP contribution in [0.4, 0.5) is 0 Å². The Balaban J connectivity index is 2.35. The van der Waals surface area contributed by atoms with E-state index in [-0.39, 0.29) is 18.4 Å². The first kappa shape index (κ1) is 14.4. The number of carbonyl (C=O) groups excluding carboxylic acids is 2. The second-order valence-electron chi connectivity index (χ2n) is 4.16. The molecule has 0 aromatic carbocycles. The number of rotatable bonds is 5. The van der Waals surface area contributed by atoms with Gasteiger partial charge in [-0.2, -0.15) is 5.10 Å². The van der Waals surface area contributed by atoms with Crippen LogP contribution in [0.2, 0.25) is 0 Å². The Morgan fingerprint density at radius 3 is 2.72 bits per heavy atom. The van der Waals surface area contributed by atoms with Crippen LogP contribution >= 0.6 is 11.3 Å². The van der Waals surface area contributed by atoms with E-state index < -0.39 is 5.91 Å². The largest absolute Gasteiger partial charge is 0.353 e. The van der Waals surface area contributed by atoms with Crippen LogP contribution in [0.3, 0.4) is 0 Å². The van der Waals surface area contributed by atoms with Crippen LogP contribution in [-0.2, 0) is 9.59 Å². The van der Waals surface area contributed by atoms with Crippen LogP contribution in [-0.4, -0.2) is 24.1 Å². The average molecular weight is 267 g/mol. The van der Waals surface area contributed by atoms with E-state index in [1.54, 1.807) is 17.6 Å². The van der Waals surface area contributed by atoms with Gasteiger partial charge in [-0.3, -0.25) is 9.59 Å². The summed E-state index contributed by atoms with van der Waals surface area (Å²) >= 11 is 1.54. The summed E-state index contributed by atoms with van der Waals surface area (Å²) in [6.45, 7) is 5.65. The summed E-state index contributed by atoms with van der Waals surface area (Å²) < 4.78 is 0. The number of hydrogen-bond donors (Lipinski definition) is 2. The molecule has 2 amide bonds.